The van der Waals surface area contributed by atoms with Gasteiger partial charge in [-0.2, -0.15) is 0 Å². The SMILES string of the molecule is CC(c1cccc(Br)c1)N1CCC(C2CCCN2)CC1. The number of likely N-dealkylation sites (tertiary alicyclic amines) is 1. The maximum atomic E-state index is 3.68. The van der Waals surface area contributed by atoms with Gasteiger partial charge in [-0.05, 0) is 75.9 Å². The van der Waals surface area contributed by atoms with Crippen molar-refractivity contribution in [2.45, 2.75) is 44.7 Å². The molecule has 110 valence electrons. The topological polar surface area (TPSA) is 15.3 Å². The summed E-state index contributed by atoms with van der Waals surface area (Å²) in [6.45, 7) is 6.07. The molecule has 2 saturated heterocycles. The number of nitrogens with one attached hydrogen (secondary N) is 1. The Labute approximate surface area is 131 Å². The van der Waals surface area contributed by atoms with Gasteiger partial charge in [0.15, 0.2) is 0 Å². The zero-order valence-corrected chi connectivity index (χ0v) is 13.9. The van der Waals surface area contributed by atoms with Crippen LogP contribution in [0.25, 0.3) is 0 Å². The molecule has 2 atom stereocenters. The second-order valence-corrected chi connectivity index (χ2v) is 7.22. The van der Waals surface area contributed by atoms with Gasteiger partial charge in [0, 0.05) is 16.6 Å². The highest BCUT2D eigenvalue weighted by Gasteiger charge is 2.29. The molecule has 1 aromatic rings. The Morgan fingerprint density at radius 2 is 2.05 bits per heavy atom. The van der Waals surface area contributed by atoms with Crippen LogP contribution in [0.4, 0.5) is 0 Å². The highest BCUT2D eigenvalue weighted by molar-refractivity contribution is 9.10. The number of nitrogens with zero attached hydrogens (tertiary/aromatic N) is 1. The van der Waals surface area contributed by atoms with E-state index in [1.54, 1.807) is 0 Å². The van der Waals surface area contributed by atoms with Crippen molar-refractivity contribution in [1.29, 1.82) is 0 Å². The van der Waals surface area contributed by atoms with Crippen LogP contribution < -0.4 is 5.32 Å². The second-order valence-electron chi connectivity index (χ2n) is 6.31. The number of rotatable bonds is 3. The summed E-state index contributed by atoms with van der Waals surface area (Å²) in [4.78, 5) is 2.65. The fourth-order valence-electron chi connectivity index (χ4n) is 3.80. The lowest BCUT2D eigenvalue weighted by Crippen LogP contribution is -2.41. The van der Waals surface area contributed by atoms with Gasteiger partial charge >= 0.3 is 0 Å². The Hall–Kier alpha value is -0.380. The summed E-state index contributed by atoms with van der Waals surface area (Å²) < 4.78 is 1.19. The van der Waals surface area contributed by atoms with E-state index in [0.29, 0.717) is 6.04 Å². The predicted octanol–water partition coefficient (Wildman–Crippen LogP) is 3.97. The average molecular weight is 337 g/mol. The summed E-state index contributed by atoms with van der Waals surface area (Å²) in [7, 11) is 0. The van der Waals surface area contributed by atoms with Crippen molar-refractivity contribution in [2.24, 2.45) is 5.92 Å². The molecule has 0 radical (unpaired) electrons. The van der Waals surface area contributed by atoms with Gasteiger partial charge in [-0.3, -0.25) is 4.90 Å². The smallest absolute Gasteiger partial charge is 0.0320 e. The standard InChI is InChI=1S/C17H25BrN2/c1-13(15-4-2-5-16(18)12-15)20-10-7-14(8-11-20)17-6-3-9-19-17/h2,4-5,12-14,17,19H,3,6-11H2,1H3. The summed E-state index contributed by atoms with van der Waals surface area (Å²) >= 11 is 3.58. The van der Waals surface area contributed by atoms with Gasteiger partial charge in [-0.1, -0.05) is 28.1 Å². The highest BCUT2D eigenvalue weighted by atomic mass is 79.9. The first kappa shape index (κ1) is 14.6. The Kier molecular flexibility index (Phi) is 4.79. The molecule has 0 aromatic heterocycles. The van der Waals surface area contributed by atoms with E-state index in [2.05, 4.69) is 57.3 Å². The number of hydrogen-bond donors (Lipinski definition) is 1. The lowest BCUT2D eigenvalue weighted by molar-refractivity contribution is 0.126. The lowest BCUT2D eigenvalue weighted by Gasteiger charge is -2.38. The van der Waals surface area contributed by atoms with Crippen molar-refractivity contribution < 1.29 is 0 Å². The molecule has 0 bridgehead atoms. The molecule has 2 nitrogen and oxygen atoms in total. The van der Waals surface area contributed by atoms with Crippen molar-refractivity contribution in [3.05, 3.63) is 34.3 Å². The van der Waals surface area contributed by atoms with E-state index in [1.165, 1.54) is 55.4 Å². The van der Waals surface area contributed by atoms with E-state index in [-0.39, 0.29) is 0 Å². The molecule has 2 heterocycles. The van der Waals surface area contributed by atoms with Crippen LogP contribution in [0.3, 0.4) is 0 Å². The molecule has 2 fully saturated rings. The fourth-order valence-corrected chi connectivity index (χ4v) is 4.22. The molecule has 0 saturated carbocycles. The van der Waals surface area contributed by atoms with Gasteiger partial charge in [-0.15, -0.1) is 0 Å². The second kappa shape index (κ2) is 6.59. The average Bonchev–Trinajstić information content (AvgIpc) is 3.01. The molecular weight excluding hydrogens is 312 g/mol. The van der Waals surface area contributed by atoms with E-state index in [0.717, 1.165) is 12.0 Å². The molecule has 0 aliphatic carbocycles. The minimum Gasteiger partial charge on any atom is -0.314 e. The van der Waals surface area contributed by atoms with Gasteiger partial charge in [0.1, 0.15) is 0 Å². The maximum absolute atomic E-state index is 3.68. The molecule has 20 heavy (non-hydrogen) atoms. The van der Waals surface area contributed by atoms with Crippen LogP contribution in [0.5, 0.6) is 0 Å². The summed E-state index contributed by atoms with van der Waals surface area (Å²) in [5, 5.41) is 3.68. The Bertz CT molecular complexity index is 434. The number of hydrogen-bond acceptors (Lipinski definition) is 2. The molecule has 2 aliphatic heterocycles. The minimum atomic E-state index is 0.532. The molecule has 0 spiro atoms. The number of piperidine rings is 1. The van der Waals surface area contributed by atoms with Crippen LogP contribution in [-0.2, 0) is 0 Å². The first-order chi connectivity index (χ1) is 9.74. The number of halogens is 1. The number of benzene rings is 1. The molecule has 3 heteroatoms. The first-order valence-electron chi connectivity index (χ1n) is 7.97. The van der Waals surface area contributed by atoms with Crippen LogP contribution >= 0.6 is 15.9 Å². The maximum Gasteiger partial charge on any atom is 0.0320 e. The van der Waals surface area contributed by atoms with Crippen molar-refractivity contribution in [3.63, 3.8) is 0 Å². The summed E-state index contributed by atoms with van der Waals surface area (Å²) in [5.74, 6) is 0.906. The summed E-state index contributed by atoms with van der Waals surface area (Å²) in [6.07, 6.45) is 5.48. The van der Waals surface area contributed by atoms with Gasteiger partial charge in [0.05, 0.1) is 0 Å². The molecule has 2 unspecified atom stereocenters. The third kappa shape index (κ3) is 3.26. The van der Waals surface area contributed by atoms with Gasteiger partial charge in [-0.25, -0.2) is 0 Å². The molecule has 1 aromatic carbocycles. The van der Waals surface area contributed by atoms with Gasteiger partial charge < -0.3 is 5.32 Å². The van der Waals surface area contributed by atoms with Crippen molar-refractivity contribution in [2.75, 3.05) is 19.6 Å². The third-order valence-electron chi connectivity index (χ3n) is 5.12. The van der Waals surface area contributed by atoms with Crippen LogP contribution in [0, 0.1) is 5.92 Å². The van der Waals surface area contributed by atoms with E-state index in [9.17, 15) is 0 Å². The van der Waals surface area contributed by atoms with E-state index < -0.39 is 0 Å². The normalized spacial score (nSPS) is 26.8. The molecule has 2 aliphatic rings. The zero-order valence-electron chi connectivity index (χ0n) is 12.3. The highest BCUT2D eigenvalue weighted by Crippen LogP contribution is 2.31. The van der Waals surface area contributed by atoms with Crippen molar-refractivity contribution in [3.8, 4) is 0 Å². The quantitative estimate of drug-likeness (QED) is 0.898. The monoisotopic (exact) mass is 336 g/mol. The lowest BCUT2D eigenvalue weighted by atomic mass is 9.87. The largest absolute Gasteiger partial charge is 0.314 e. The van der Waals surface area contributed by atoms with Crippen LogP contribution in [0.2, 0.25) is 0 Å². The van der Waals surface area contributed by atoms with Crippen molar-refractivity contribution in [1.82, 2.24) is 10.2 Å². The summed E-state index contributed by atoms with van der Waals surface area (Å²) in [5.41, 5.74) is 1.43. The third-order valence-corrected chi connectivity index (χ3v) is 5.61. The van der Waals surface area contributed by atoms with E-state index in [4.69, 9.17) is 0 Å². The van der Waals surface area contributed by atoms with Crippen LogP contribution in [0.15, 0.2) is 28.7 Å². The molecule has 0 amide bonds. The van der Waals surface area contributed by atoms with Crippen LogP contribution in [0.1, 0.15) is 44.2 Å². The zero-order chi connectivity index (χ0) is 13.9. The Balaban J connectivity index is 1.57. The Morgan fingerprint density at radius 3 is 2.70 bits per heavy atom. The molecule has 1 N–H and O–H groups in total. The van der Waals surface area contributed by atoms with E-state index in [1.807, 2.05) is 0 Å². The molecule has 3 rings (SSSR count). The predicted molar refractivity (Wildman–Crippen MR) is 87.9 cm³/mol. The van der Waals surface area contributed by atoms with Crippen LogP contribution in [-0.4, -0.2) is 30.6 Å². The Morgan fingerprint density at radius 1 is 1.25 bits per heavy atom. The van der Waals surface area contributed by atoms with E-state index >= 15 is 0 Å². The van der Waals surface area contributed by atoms with Gasteiger partial charge in [0.25, 0.3) is 0 Å². The van der Waals surface area contributed by atoms with Gasteiger partial charge in [0.2, 0.25) is 0 Å². The summed E-state index contributed by atoms with van der Waals surface area (Å²) in [6, 6.07) is 10.1. The molecular formula is C17H25BrN2. The first-order valence-corrected chi connectivity index (χ1v) is 8.76. The fraction of sp³-hybridized carbons (Fsp3) is 0.647. The minimum absolute atomic E-state index is 0.532. The van der Waals surface area contributed by atoms with Crippen molar-refractivity contribution >= 4 is 15.9 Å².